The summed E-state index contributed by atoms with van der Waals surface area (Å²) >= 11 is 5.84. The van der Waals surface area contributed by atoms with E-state index in [2.05, 4.69) is 43.7 Å². The van der Waals surface area contributed by atoms with Gasteiger partial charge in [0.05, 0.1) is 17.5 Å². The molecule has 7 nitrogen and oxygen atoms in total. The Labute approximate surface area is 200 Å². The zero-order valence-corrected chi connectivity index (χ0v) is 18.9. The third-order valence-electron chi connectivity index (χ3n) is 5.94. The van der Waals surface area contributed by atoms with Crippen LogP contribution in [0.4, 0.5) is 4.39 Å². The first kappa shape index (κ1) is 20.9. The number of imidazole rings is 1. The summed E-state index contributed by atoms with van der Waals surface area (Å²) in [5.41, 5.74) is 12.5. The van der Waals surface area contributed by atoms with Gasteiger partial charge in [0.1, 0.15) is 11.5 Å². The number of aliphatic imine (C=N–C) groups is 1. The summed E-state index contributed by atoms with van der Waals surface area (Å²) in [4.78, 5) is 14.5. The average molecular weight is 475 g/mol. The molecule has 0 bridgehead atoms. The zero-order valence-electron chi connectivity index (χ0n) is 18.2. The van der Waals surface area contributed by atoms with E-state index in [9.17, 15) is 4.39 Å². The molecule has 0 radical (unpaired) electrons. The van der Waals surface area contributed by atoms with Gasteiger partial charge in [0.15, 0.2) is 6.17 Å². The summed E-state index contributed by atoms with van der Waals surface area (Å²) in [6.07, 6.45) is 5.64. The van der Waals surface area contributed by atoms with Crippen LogP contribution in [0.2, 0.25) is 5.02 Å². The van der Waals surface area contributed by atoms with Crippen LogP contribution in [-0.4, -0.2) is 33.9 Å². The summed E-state index contributed by atoms with van der Waals surface area (Å²) in [5.74, 6) is -0.286. The molecular formula is C25H20ClFN6O. The molecule has 2 N–H and O–H groups in total. The van der Waals surface area contributed by atoms with Crippen LogP contribution in [0.1, 0.15) is 22.9 Å². The van der Waals surface area contributed by atoms with Crippen LogP contribution in [-0.2, 0) is 4.84 Å². The molecule has 170 valence electrons. The molecule has 4 aromatic rings. The van der Waals surface area contributed by atoms with Crippen LogP contribution in [0.25, 0.3) is 22.5 Å². The summed E-state index contributed by atoms with van der Waals surface area (Å²) in [7, 11) is 1.99. The van der Waals surface area contributed by atoms with Gasteiger partial charge in [0.25, 0.3) is 0 Å². The first-order valence-corrected chi connectivity index (χ1v) is 11.1. The number of nitrogens with zero attached hydrogens (tertiary/aromatic N) is 4. The van der Waals surface area contributed by atoms with Crippen molar-refractivity contribution in [1.29, 1.82) is 0 Å². The second-order valence-corrected chi connectivity index (χ2v) is 8.63. The monoisotopic (exact) mass is 474 g/mol. The lowest BCUT2D eigenvalue weighted by atomic mass is 10.1. The fourth-order valence-electron chi connectivity index (χ4n) is 4.14. The molecule has 9 heteroatoms. The van der Waals surface area contributed by atoms with E-state index in [1.807, 2.05) is 48.6 Å². The van der Waals surface area contributed by atoms with Gasteiger partial charge >= 0.3 is 0 Å². The number of fused-ring (bicyclic) bond motifs is 1. The topological polar surface area (TPSA) is 66.2 Å². The van der Waals surface area contributed by atoms with Crippen LogP contribution in [0, 0.1) is 5.82 Å². The van der Waals surface area contributed by atoms with Crippen molar-refractivity contribution >= 4 is 28.7 Å². The third kappa shape index (κ3) is 3.71. The lowest BCUT2D eigenvalue weighted by Gasteiger charge is -2.09. The smallest absolute Gasteiger partial charge is 0.245 e. The first-order valence-electron chi connectivity index (χ1n) is 10.8. The lowest BCUT2D eigenvalue weighted by molar-refractivity contribution is 0.180. The van der Waals surface area contributed by atoms with Crippen LogP contribution in [0.5, 0.6) is 0 Å². The number of nitrogens with one attached hydrogen (secondary N) is 2. The Morgan fingerprint density at radius 2 is 1.91 bits per heavy atom. The van der Waals surface area contributed by atoms with Gasteiger partial charge in [-0.05, 0) is 47.0 Å². The van der Waals surface area contributed by atoms with Gasteiger partial charge in [-0.2, -0.15) is 0 Å². The maximum absolute atomic E-state index is 14.2. The molecule has 2 aliphatic rings. The molecule has 2 aromatic carbocycles. The van der Waals surface area contributed by atoms with E-state index >= 15 is 0 Å². The number of halogens is 2. The molecule has 1 atom stereocenters. The number of pyridine rings is 1. The van der Waals surface area contributed by atoms with Crippen molar-refractivity contribution in [1.82, 2.24) is 25.3 Å². The van der Waals surface area contributed by atoms with E-state index in [-0.39, 0.29) is 11.5 Å². The minimum Gasteiger partial charge on any atom is -0.386 e. The minimum absolute atomic E-state index is 0.193. The molecule has 6 rings (SSSR count). The predicted octanol–water partition coefficient (Wildman–Crippen LogP) is 4.56. The summed E-state index contributed by atoms with van der Waals surface area (Å²) < 4.78 is 16.3. The van der Waals surface area contributed by atoms with Gasteiger partial charge in [-0.15, -0.1) is 5.48 Å². The summed E-state index contributed by atoms with van der Waals surface area (Å²) in [6.45, 7) is 0.791. The molecule has 2 aromatic heterocycles. The Bertz CT molecular complexity index is 1460. The molecule has 34 heavy (non-hydrogen) atoms. The van der Waals surface area contributed by atoms with E-state index in [4.69, 9.17) is 16.4 Å². The molecular weight excluding hydrogens is 455 g/mol. The Balaban J connectivity index is 1.28. The number of rotatable bonds is 4. The molecule has 0 fully saturated rings. The van der Waals surface area contributed by atoms with Gasteiger partial charge < -0.3 is 9.85 Å². The molecule has 1 unspecified atom stereocenters. The van der Waals surface area contributed by atoms with Crippen LogP contribution >= 0.6 is 11.6 Å². The van der Waals surface area contributed by atoms with Crippen molar-refractivity contribution in [3.63, 3.8) is 0 Å². The van der Waals surface area contributed by atoms with E-state index < -0.39 is 12.0 Å². The van der Waals surface area contributed by atoms with Crippen LogP contribution in [0.3, 0.4) is 0 Å². The molecule has 0 aliphatic carbocycles. The number of hydrogen-bond donors (Lipinski definition) is 2. The van der Waals surface area contributed by atoms with Gasteiger partial charge in [-0.1, -0.05) is 35.9 Å². The number of hydrazine groups is 1. The van der Waals surface area contributed by atoms with E-state index in [1.165, 1.54) is 11.6 Å². The van der Waals surface area contributed by atoms with Crippen molar-refractivity contribution in [2.24, 2.45) is 4.99 Å². The maximum Gasteiger partial charge on any atom is 0.245 e. The highest BCUT2D eigenvalue weighted by molar-refractivity contribution is 6.30. The Morgan fingerprint density at radius 1 is 1.09 bits per heavy atom. The average Bonchev–Trinajstić information content (AvgIpc) is 3.58. The quantitative estimate of drug-likeness (QED) is 0.454. The lowest BCUT2D eigenvalue weighted by Crippen LogP contribution is -2.23. The Morgan fingerprint density at radius 3 is 2.68 bits per heavy atom. The SMILES string of the molecule is CN1C=C(c2ccc3ncc(-c4ccc(C5N=C(c6ccc(Cl)cc6F)ON5)cc4)n3c2)CN1. The normalized spacial score (nSPS) is 17.7. The number of hydroxylamine groups is 1. The van der Waals surface area contributed by atoms with E-state index in [1.54, 1.807) is 12.1 Å². The maximum atomic E-state index is 14.2. The standard InChI is InChI=1S/C25H20ClFN6O/c1-32-13-18(11-29-32)17-6-9-23-28-12-22(33(23)14-17)15-2-4-16(5-3-15)24-30-25(34-31-24)20-8-7-19(26)10-21(20)27/h2-10,12-14,24,29,31H,11H2,1H3. The van der Waals surface area contributed by atoms with Crippen molar-refractivity contribution in [2.75, 3.05) is 13.6 Å². The van der Waals surface area contributed by atoms with Gasteiger partial charge in [-0.25, -0.2) is 19.8 Å². The van der Waals surface area contributed by atoms with Gasteiger partial charge in [-0.3, -0.25) is 4.40 Å². The van der Waals surface area contributed by atoms with E-state index in [0.717, 1.165) is 34.6 Å². The summed E-state index contributed by atoms with van der Waals surface area (Å²) in [6, 6.07) is 16.5. The highest BCUT2D eigenvalue weighted by Crippen LogP contribution is 2.28. The predicted molar refractivity (Wildman–Crippen MR) is 129 cm³/mol. The molecule has 0 spiro atoms. The van der Waals surface area contributed by atoms with Crippen molar-refractivity contribution in [3.8, 4) is 11.3 Å². The number of hydrogen-bond acceptors (Lipinski definition) is 6. The molecule has 2 aliphatic heterocycles. The largest absolute Gasteiger partial charge is 0.386 e. The highest BCUT2D eigenvalue weighted by atomic mass is 35.5. The van der Waals surface area contributed by atoms with Crippen LogP contribution in [0.15, 0.2) is 78.2 Å². The fourth-order valence-corrected chi connectivity index (χ4v) is 4.30. The molecule has 4 heterocycles. The summed E-state index contributed by atoms with van der Waals surface area (Å²) in [5, 5.41) is 2.28. The van der Waals surface area contributed by atoms with E-state index in [0.29, 0.717) is 5.02 Å². The Hall–Kier alpha value is -3.72. The Kier molecular flexibility index (Phi) is 5.06. The number of aromatic nitrogens is 2. The fraction of sp³-hybridized carbons (Fsp3) is 0.120. The molecule has 0 amide bonds. The van der Waals surface area contributed by atoms with Crippen LogP contribution < -0.4 is 10.9 Å². The minimum atomic E-state index is -0.480. The van der Waals surface area contributed by atoms with Gasteiger partial charge in [0, 0.05) is 36.6 Å². The number of benzene rings is 2. The second kappa shape index (κ2) is 8.25. The van der Waals surface area contributed by atoms with Crippen molar-refractivity contribution in [2.45, 2.75) is 6.17 Å². The highest BCUT2D eigenvalue weighted by Gasteiger charge is 2.24. The van der Waals surface area contributed by atoms with Gasteiger partial charge in [0.2, 0.25) is 5.90 Å². The second-order valence-electron chi connectivity index (χ2n) is 8.19. The third-order valence-corrected chi connectivity index (χ3v) is 6.18. The molecule has 0 saturated heterocycles. The molecule has 0 saturated carbocycles. The zero-order chi connectivity index (χ0) is 23.2. The first-order chi connectivity index (χ1) is 16.5. The van der Waals surface area contributed by atoms with Crippen molar-refractivity contribution < 1.29 is 9.23 Å². The van der Waals surface area contributed by atoms with Crippen molar-refractivity contribution in [3.05, 3.63) is 101 Å².